The number of aromatic hydroxyl groups is 1. The van der Waals surface area contributed by atoms with Crippen LogP contribution in [0.15, 0.2) is 29.2 Å². The average Bonchev–Trinajstić information content (AvgIpc) is 2.26. The zero-order chi connectivity index (χ0) is 13.1. The number of phenols is 1. The van der Waals surface area contributed by atoms with Crippen LogP contribution in [-0.2, 0) is 10.0 Å². The summed E-state index contributed by atoms with van der Waals surface area (Å²) in [6.45, 7) is 4.61. The summed E-state index contributed by atoms with van der Waals surface area (Å²) in [5, 5.41) is 9.13. The first-order valence-corrected chi connectivity index (χ1v) is 7.03. The van der Waals surface area contributed by atoms with Gasteiger partial charge in [0.15, 0.2) is 0 Å². The topological polar surface area (TPSA) is 57.6 Å². The van der Waals surface area contributed by atoms with E-state index in [1.54, 1.807) is 7.05 Å². The van der Waals surface area contributed by atoms with Gasteiger partial charge in [0, 0.05) is 13.6 Å². The van der Waals surface area contributed by atoms with Crippen LogP contribution in [0.3, 0.4) is 0 Å². The largest absolute Gasteiger partial charge is 0.508 e. The smallest absolute Gasteiger partial charge is 0.242 e. The van der Waals surface area contributed by atoms with E-state index in [1.165, 1.54) is 28.6 Å². The molecule has 1 aromatic rings. The quantitative estimate of drug-likeness (QED) is 0.878. The second-order valence-corrected chi connectivity index (χ2v) is 6.55. The predicted octanol–water partition coefficient (Wildman–Crippen LogP) is 2.06. The number of hydrogen-bond acceptors (Lipinski definition) is 3. The van der Waals surface area contributed by atoms with Crippen molar-refractivity contribution in [1.29, 1.82) is 0 Å². The summed E-state index contributed by atoms with van der Waals surface area (Å²) in [5.74, 6) is 0.529. The molecule has 0 bridgehead atoms. The molecule has 0 aromatic heterocycles. The summed E-state index contributed by atoms with van der Waals surface area (Å²) in [6, 6.07) is 5.58. The molecule has 0 fully saturated rings. The Labute approximate surface area is 103 Å². The maximum Gasteiger partial charge on any atom is 0.242 e. The lowest BCUT2D eigenvalue weighted by molar-refractivity contribution is 0.428. The Morgan fingerprint density at radius 1 is 1.24 bits per heavy atom. The number of nitrogens with zero attached hydrogens (tertiary/aromatic N) is 1. The maximum atomic E-state index is 12.1. The molecule has 4 nitrogen and oxygen atoms in total. The number of phenolic OH excluding ortho intramolecular Hbond substituents is 1. The molecule has 96 valence electrons. The lowest BCUT2D eigenvalue weighted by atomic mass is 10.1. The summed E-state index contributed by atoms with van der Waals surface area (Å²) < 4.78 is 25.5. The molecule has 0 unspecified atom stereocenters. The lowest BCUT2D eigenvalue weighted by Crippen LogP contribution is -2.28. The van der Waals surface area contributed by atoms with Crippen LogP contribution in [0.2, 0.25) is 0 Å². The van der Waals surface area contributed by atoms with Crippen LogP contribution in [0, 0.1) is 5.92 Å². The van der Waals surface area contributed by atoms with Crippen LogP contribution < -0.4 is 0 Å². The molecule has 1 aromatic carbocycles. The lowest BCUT2D eigenvalue weighted by Gasteiger charge is -2.18. The van der Waals surface area contributed by atoms with Gasteiger partial charge in [-0.1, -0.05) is 13.8 Å². The molecule has 0 atom stereocenters. The van der Waals surface area contributed by atoms with E-state index < -0.39 is 10.0 Å². The number of sulfonamides is 1. The third-order valence-corrected chi connectivity index (χ3v) is 4.44. The Bertz CT molecular complexity index is 451. The Morgan fingerprint density at radius 2 is 1.76 bits per heavy atom. The second kappa shape index (κ2) is 5.51. The van der Waals surface area contributed by atoms with Crippen LogP contribution in [0.1, 0.15) is 20.3 Å². The molecule has 1 rings (SSSR count). The molecule has 0 saturated heterocycles. The third-order valence-electron chi connectivity index (χ3n) is 2.57. The molecular formula is C12H19NO3S. The Balaban J connectivity index is 2.84. The van der Waals surface area contributed by atoms with E-state index in [0.717, 1.165) is 6.42 Å². The highest BCUT2D eigenvalue weighted by Gasteiger charge is 2.20. The minimum Gasteiger partial charge on any atom is -0.508 e. The molecule has 5 heteroatoms. The van der Waals surface area contributed by atoms with E-state index in [0.29, 0.717) is 12.5 Å². The number of rotatable bonds is 5. The van der Waals surface area contributed by atoms with E-state index in [-0.39, 0.29) is 10.6 Å². The molecule has 0 aliphatic carbocycles. The van der Waals surface area contributed by atoms with Gasteiger partial charge in [-0.3, -0.25) is 0 Å². The third kappa shape index (κ3) is 3.71. The molecule has 0 aliphatic heterocycles. The number of benzene rings is 1. The highest BCUT2D eigenvalue weighted by atomic mass is 32.2. The maximum absolute atomic E-state index is 12.1. The van der Waals surface area contributed by atoms with Gasteiger partial charge in [-0.2, -0.15) is 0 Å². The van der Waals surface area contributed by atoms with Crippen LogP contribution >= 0.6 is 0 Å². The summed E-state index contributed by atoms with van der Waals surface area (Å²) in [5.41, 5.74) is 0. The van der Waals surface area contributed by atoms with E-state index in [1.807, 2.05) is 0 Å². The van der Waals surface area contributed by atoms with Crippen molar-refractivity contribution < 1.29 is 13.5 Å². The zero-order valence-electron chi connectivity index (χ0n) is 10.4. The molecule has 0 heterocycles. The van der Waals surface area contributed by atoms with E-state index in [4.69, 9.17) is 5.11 Å². The molecule has 0 radical (unpaired) electrons. The monoisotopic (exact) mass is 257 g/mol. The van der Waals surface area contributed by atoms with Gasteiger partial charge in [0.1, 0.15) is 5.75 Å². The molecular weight excluding hydrogens is 238 g/mol. The highest BCUT2D eigenvalue weighted by Crippen LogP contribution is 2.18. The fourth-order valence-electron chi connectivity index (χ4n) is 1.36. The molecule has 0 aliphatic rings. The summed E-state index contributed by atoms with van der Waals surface area (Å²) >= 11 is 0. The fraction of sp³-hybridized carbons (Fsp3) is 0.500. The summed E-state index contributed by atoms with van der Waals surface area (Å²) in [4.78, 5) is 0.210. The minimum absolute atomic E-state index is 0.0637. The predicted molar refractivity (Wildman–Crippen MR) is 67.4 cm³/mol. The highest BCUT2D eigenvalue weighted by molar-refractivity contribution is 7.89. The first-order valence-electron chi connectivity index (χ1n) is 5.59. The minimum atomic E-state index is -3.43. The number of hydrogen-bond donors (Lipinski definition) is 1. The van der Waals surface area contributed by atoms with E-state index >= 15 is 0 Å². The van der Waals surface area contributed by atoms with Gasteiger partial charge in [0.05, 0.1) is 4.90 Å². The molecule has 1 N–H and O–H groups in total. The van der Waals surface area contributed by atoms with Crippen molar-refractivity contribution in [1.82, 2.24) is 4.31 Å². The van der Waals surface area contributed by atoms with Gasteiger partial charge in [0.25, 0.3) is 0 Å². The fourth-order valence-corrected chi connectivity index (χ4v) is 2.54. The van der Waals surface area contributed by atoms with E-state index in [2.05, 4.69) is 13.8 Å². The van der Waals surface area contributed by atoms with Crippen molar-refractivity contribution in [3.8, 4) is 5.75 Å². The Hall–Kier alpha value is -1.07. The van der Waals surface area contributed by atoms with Crippen molar-refractivity contribution in [3.05, 3.63) is 24.3 Å². The van der Waals surface area contributed by atoms with Gasteiger partial charge < -0.3 is 5.11 Å². The van der Waals surface area contributed by atoms with Gasteiger partial charge in [-0.15, -0.1) is 0 Å². The molecule has 0 spiro atoms. The molecule has 0 amide bonds. The SMILES string of the molecule is CC(C)CCN(C)S(=O)(=O)c1ccc(O)cc1. The molecule has 0 saturated carbocycles. The van der Waals surface area contributed by atoms with Crippen LogP contribution in [0.25, 0.3) is 0 Å². The van der Waals surface area contributed by atoms with E-state index in [9.17, 15) is 8.42 Å². The van der Waals surface area contributed by atoms with Crippen molar-refractivity contribution >= 4 is 10.0 Å². The normalized spacial score (nSPS) is 12.3. The standard InChI is InChI=1S/C12H19NO3S/c1-10(2)8-9-13(3)17(15,16)12-6-4-11(14)5-7-12/h4-7,10,14H,8-9H2,1-3H3. The van der Waals surface area contributed by atoms with Crippen LogP contribution in [-0.4, -0.2) is 31.4 Å². The van der Waals surface area contributed by atoms with Gasteiger partial charge in [0.2, 0.25) is 10.0 Å². The van der Waals surface area contributed by atoms with Crippen molar-refractivity contribution in [2.24, 2.45) is 5.92 Å². The first-order chi connectivity index (χ1) is 7.84. The van der Waals surface area contributed by atoms with Gasteiger partial charge >= 0.3 is 0 Å². The Kier molecular flexibility index (Phi) is 4.54. The Morgan fingerprint density at radius 3 is 2.24 bits per heavy atom. The van der Waals surface area contributed by atoms with Crippen LogP contribution in [0.4, 0.5) is 0 Å². The van der Waals surface area contributed by atoms with Crippen molar-refractivity contribution in [2.45, 2.75) is 25.2 Å². The van der Waals surface area contributed by atoms with Gasteiger partial charge in [-0.05, 0) is 36.6 Å². The average molecular weight is 257 g/mol. The van der Waals surface area contributed by atoms with Crippen LogP contribution in [0.5, 0.6) is 5.75 Å². The van der Waals surface area contributed by atoms with Gasteiger partial charge in [-0.25, -0.2) is 12.7 Å². The zero-order valence-corrected chi connectivity index (χ0v) is 11.2. The summed E-state index contributed by atoms with van der Waals surface area (Å²) in [6.07, 6.45) is 0.827. The molecule has 17 heavy (non-hydrogen) atoms. The summed E-state index contributed by atoms with van der Waals surface area (Å²) in [7, 11) is -1.86. The second-order valence-electron chi connectivity index (χ2n) is 4.50. The van der Waals surface area contributed by atoms with Crippen molar-refractivity contribution in [3.63, 3.8) is 0 Å². The first kappa shape index (κ1) is 14.0. The van der Waals surface area contributed by atoms with Crippen molar-refractivity contribution in [2.75, 3.05) is 13.6 Å².